The summed E-state index contributed by atoms with van der Waals surface area (Å²) >= 11 is 11.7. The highest BCUT2D eigenvalue weighted by Gasteiger charge is 2.14. The van der Waals surface area contributed by atoms with Crippen LogP contribution in [0.2, 0.25) is 10.3 Å². The Bertz CT molecular complexity index is 497. The lowest BCUT2D eigenvalue weighted by atomic mass is 10.1. The zero-order chi connectivity index (χ0) is 11.0. The molecule has 0 aromatic carbocycles. The predicted octanol–water partition coefficient (Wildman–Crippen LogP) is 2.13. The summed E-state index contributed by atoms with van der Waals surface area (Å²) in [5.74, 6) is -0.0375. The minimum absolute atomic E-state index is 0.0349. The number of halogens is 2. The first-order valence-corrected chi connectivity index (χ1v) is 5.19. The lowest BCUT2D eigenvalue weighted by Gasteiger charge is -2.05. The van der Waals surface area contributed by atoms with Crippen LogP contribution in [0.25, 0.3) is 5.65 Å². The Morgan fingerprint density at radius 1 is 1.53 bits per heavy atom. The van der Waals surface area contributed by atoms with Gasteiger partial charge in [-0.2, -0.15) is 5.10 Å². The quantitative estimate of drug-likeness (QED) is 0.826. The standard InChI is InChI=1S/C9H9Cl2N3O/c1-5(4-15)6-3-12-14-8(11)2-7(10)13-9(6)14/h2-3,5,15H,4H2,1H3. The molecule has 0 spiro atoms. The molecule has 2 rings (SSSR count). The second-order valence-electron chi connectivity index (χ2n) is 3.32. The fourth-order valence-corrected chi connectivity index (χ4v) is 1.83. The maximum atomic E-state index is 9.07. The molecule has 1 atom stereocenters. The zero-order valence-electron chi connectivity index (χ0n) is 7.98. The molecule has 6 heteroatoms. The Labute approximate surface area is 96.5 Å². The van der Waals surface area contributed by atoms with Crippen molar-refractivity contribution < 1.29 is 5.11 Å². The summed E-state index contributed by atoms with van der Waals surface area (Å²) in [6.07, 6.45) is 1.64. The van der Waals surface area contributed by atoms with Gasteiger partial charge in [0.15, 0.2) is 5.65 Å². The van der Waals surface area contributed by atoms with E-state index in [4.69, 9.17) is 28.3 Å². The Morgan fingerprint density at radius 2 is 2.27 bits per heavy atom. The second-order valence-corrected chi connectivity index (χ2v) is 4.10. The first kappa shape index (κ1) is 10.7. The Hall–Kier alpha value is -0.840. The van der Waals surface area contributed by atoms with Gasteiger partial charge in [0.05, 0.1) is 6.20 Å². The van der Waals surface area contributed by atoms with Crippen molar-refractivity contribution in [2.45, 2.75) is 12.8 Å². The topological polar surface area (TPSA) is 50.4 Å². The van der Waals surface area contributed by atoms with Crippen molar-refractivity contribution in [1.82, 2.24) is 14.6 Å². The van der Waals surface area contributed by atoms with Crippen molar-refractivity contribution in [3.63, 3.8) is 0 Å². The van der Waals surface area contributed by atoms with E-state index in [9.17, 15) is 0 Å². The first-order chi connectivity index (χ1) is 7.13. The average molecular weight is 246 g/mol. The van der Waals surface area contributed by atoms with E-state index in [1.165, 1.54) is 10.6 Å². The van der Waals surface area contributed by atoms with Crippen LogP contribution in [-0.2, 0) is 0 Å². The van der Waals surface area contributed by atoms with E-state index in [2.05, 4.69) is 10.1 Å². The molecule has 2 aromatic heterocycles. The SMILES string of the molecule is CC(CO)c1cnn2c(Cl)cc(Cl)nc12. The molecule has 1 N–H and O–H groups in total. The minimum Gasteiger partial charge on any atom is -0.396 e. The molecule has 0 fully saturated rings. The molecule has 0 bridgehead atoms. The summed E-state index contributed by atoms with van der Waals surface area (Å²) < 4.78 is 1.49. The van der Waals surface area contributed by atoms with Gasteiger partial charge in [0.25, 0.3) is 0 Å². The molecule has 0 aliphatic heterocycles. The fourth-order valence-electron chi connectivity index (χ4n) is 1.36. The Morgan fingerprint density at radius 3 is 2.93 bits per heavy atom. The minimum atomic E-state index is -0.0375. The molecular formula is C9H9Cl2N3O. The van der Waals surface area contributed by atoms with Gasteiger partial charge in [-0.25, -0.2) is 9.50 Å². The number of hydrogen-bond donors (Lipinski definition) is 1. The third-order valence-electron chi connectivity index (χ3n) is 2.23. The largest absolute Gasteiger partial charge is 0.396 e. The average Bonchev–Trinajstić information content (AvgIpc) is 2.60. The van der Waals surface area contributed by atoms with E-state index >= 15 is 0 Å². The van der Waals surface area contributed by atoms with Gasteiger partial charge in [-0.15, -0.1) is 0 Å². The second kappa shape index (κ2) is 3.96. The van der Waals surface area contributed by atoms with Crippen LogP contribution in [0, 0.1) is 0 Å². The molecule has 2 aromatic rings. The first-order valence-electron chi connectivity index (χ1n) is 4.44. The van der Waals surface area contributed by atoms with Crippen LogP contribution in [-0.4, -0.2) is 26.3 Å². The van der Waals surface area contributed by atoms with Gasteiger partial charge in [-0.3, -0.25) is 0 Å². The van der Waals surface area contributed by atoms with E-state index < -0.39 is 0 Å². The fraction of sp³-hybridized carbons (Fsp3) is 0.333. The third kappa shape index (κ3) is 1.80. The monoisotopic (exact) mass is 245 g/mol. The Kier molecular flexibility index (Phi) is 2.82. The van der Waals surface area contributed by atoms with Crippen LogP contribution in [0.15, 0.2) is 12.3 Å². The Balaban J connectivity index is 2.68. The summed E-state index contributed by atoms with van der Waals surface area (Å²) in [4.78, 5) is 4.14. The summed E-state index contributed by atoms with van der Waals surface area (Å²) in [5.41, 5.74) is 1.43. The van der Waals surface area contributed by atoms with E-state index in [-0.39, 0.29) is 12.5 Å². The lowest BCUT2D eigenvalue weighted by molar-refractivity contribution is 0.273. The van der Waals surface area contributed by atoms with Crippen LogP contribution < -0.4 is 0 Å². The molecule has 15 heavy (non-hydrogen) atoms. The van der Waals surface area contributed by atoms with E-state index in [1.807, 2.05) is 6.92 Å². The molecule has 0 saturated heterocycles. The highest BCUT2D eigenvalue weighted by Crippen LogP contribution is 2.23. The van der Waals surface area contributed by atoms with Gasteiger partial charge in [0.2, 0.25) is 0 Å². The van der Waals surface area contributed by atoms with Crippen molar-refractivity contribution in [1.29, 1.82) is 0 Å². The molecular weight excluding hydrogens is 237 g/mol. The maximum absolute atomic E-state index is 9.07. The molecule has 1 unspecified atom stereocenters. The summed E-state index contributed by atoms with van der Waals surface area (Å²) in [5, 5.41) is 13.9. The highest BCUT2D eigenvalue weighted by molar-refractivity contribution is 6.33. The molecule has 80 valence electrons. The predicted molar refractivity (Wildman–Crippen MR) is 58.5 cm³/mol. The number of aromatic nitrogens is 3. The number of nitrogens with zero attached hydrogens (tertiary/aromatic N) is 3. The van der Waals surface area contributed by atoms with E-state index in [0.29, 0.717) is 16.0 Å². The van der Waals surface area contributed by atoms with Crippen molar-refractivity contribution in [3.05, 3.63) is 28.1 Å². The summed E-state index contributed by atoms with van der Waals surface area (Å²) in [7, 11) is 0. The molecule has 0 aliphatic rings. The number of aliphatic hydroxyl groups excluding tert-OH is 1. The van der Waals surface area contributed by atoms with Gasteiger partial charge in [-0.1, -0.05) is 30.1 Å². The van der Waals surface area contributed by atoms with Gasteiger partial charge in [0, 0.05) is 24.2 Å². The molecule has 0 amide bonds. The van der Waals surface area contributed by atoms with Crippen molar-refractivity contribution >= 4 is 28.8 Å². The van der Waals surface area contributed by atoms with Crippen molar-refractivity contribution in [2.75, 3.05) is 6.61 Å². The van der Waals surface area contributed by atoms with Gasteiger partial charge < -0.3 is 5.11 Å². The molecule has 0 radical (unpaired) electrons. The molecule has 2 heterocycles. The van der Waals surface area contributed by atoms with Crippen LogP contribution >= 0.6 is 23.2 Å². The normalized spacial score (nSPS) is 13.3. The van der Waals surface area contributed by atoms with Crippen LogP contribution in [0.4, 0.5) is 0 Å². The van der Waals surface area contributed by atoms with Gasteiger partial charge >= 0.3 is 0 Å². The van der Waals surface area contributed by atoms with Crippen LogP contribution in [0.5, 0.6) is 0 Å². The van der Waals surface area contributed by atoms with Gasteiger partial charge in [-0.05, 0) is 0 Å². The third-order valence-corrected chi connectivity index (χ3v) is 2.69. The number of aliphatic hydroxyl groups is 1. The molecule has 4 nitrogen and oxygen atoms in total. The lowest BCUT2D eigenvalue weighted by Crippen LogP contribution is -2.00. The summed E-state index contributed by atoms with van der Waals surface area (Å²) in [6.45, 7) is 1.92. The zero-order valence-corrected chi connectivity index (χ0v) is 9.50. The van der Waals surface area contributed by atoms with E-state index in [0.717, 1.165) is 5.56 Å². The number of fused-ring (bicyclic) bond motifs is 1. The molecule has 0 aliphatic carbocycles. The van der Waals surface area contributed by atoms with Crippen LogP contribution in [0.1, 0.15) is 18.4 Å². The van der Waals surface area contributed by atoms with Crippen molar-refractivity contribution in [3.8, 4) is 0 Å². The summed E-state index contributed by atoms with van der Waals surface area (Å²) in [6, 6.07) is 1.52. The van der Waals surface area contributed by atoms with Crippen molar-refractivity contribution in [2.24, 2.45) is 0 Å². The number of hydrogen-bond acceptors (Lipinski definition) is 3. The van der Waals surface area contributed by atoms with E-state index in [1.54, 1.807) is 6.20 Å². The van der Waals surface area contributed by atoms with Gasteiger partial charge in [0.1, 0.15) is 10.3 Å². The number of rotatable bonds is 2. The van der Waals surface area contributed by atoms with Crippen LogP contribution in [0.3, 0.4) is 0 Å². The smallest absolute Gasteiger partial charge is 0.161 e. The molecule has 0 saturated carbocycles. The maximum Gasteiger partial charge on any atom is 0.161 e. The highest BCUT2D eigenvalue weighted by atomic mass is 35.5.